The lowest BCUT2D eigenvalue weighted by molar-refractivity contribution is 0.0815. The third-order valence-electron chi connectivity index (χ3n) is 3.02. The van der Waals surface area contributed by atoms with Crippen LogP contribution < -0.4 is 0 Å². The molecule has 0 amide bonds. The molecule has 86 valence electrons. The van der Waals surface area contributed by atoms with E-state index in [2.05, 4.69) is 11.7 Å². The van der Waals surface area contributed by atoms with Crippen molar-refractivity contribution in [3.8, 4) is 0 Å². The average molecular weight is 212 g/mol. The standard InChI is InChI=1S/C12H20O3/c1-10(8-9-15-12(13)14-2)11-6-4-3-5-7-11/h8,11H,3-7,9H2,1-2H3/b10-8+. The van der Waals surface area contributed by atoms with Crippen LogP contribution in [0.3, 0.4) is 0 Å². The van der Waals surface area contributed by atoms with Crippen LogP contribution in [0.25, 0.3) is 0 Å². The van der Waals surface area contributed by atoms with Crippen LogP contribution in [-0.4, -0.2) is 19.9 Å². The Labute approximate surface area is 91.4 Å². The molecular weight excluding hydrogens is 192 g/mol. The normalized spacial score (nSPS) is 18.7. The van der Waals surface area contributed by atoms with Crippen molar-refractivity contribution < 1.29 is 14.3 Å². The number of carbonyl (C=O) groups is 1. The molecule has 0 saturated heterocycles. The minimum absolute atomic E-state index is 0.328. The molecule has 0 radical (unpaired) electrons. The molecule has 0 aliphatic heterocycles. The zero-order valence-electron chi connectivity index (χ0n) is 9.62. The summed E-state index contributed by atoms with van der Waals surface area (Å²) in [6.07, 6.45) is 7.96. The fourth-order valence-corrected chi connectivity index (χ4v) is 2.02. The quantitative estimate of drug-likeness (QED) is 0.532. The molecule has 1 aliphatic rings. The Balaban J connectivity index is 2.28. The molecule has 3 nitrogen and oxygen atoms in total. The fourth-order valence-electron chi connectivity index (χ4n) is 2.02. The molecule has 0 atom stereocenters. The zero-order chi connectivity index (χ0) is 11.1. The van der Waals surface area contributed by atoms with Crippen LogP contribution in [0.5, 0.6) is 0 Å². The molecule has 0 aromatic heterocycles. The Morgan fingerprint density at radius 2 is 2.00 bits per heavy atom. The van der Waals surface area contributed by atoms with Crippen molar-refractivity contribution in [2.75, 3.05) is 13.7 Å². The van der Waals surface area contributed by atoms with Crippen LogP contribution in [0, 0.1) is 5.92 Å². The predicted octanol–water partition coefficient (Wildman–Crippen LogP) is 3.30. The van der Waals surface area contributed by atoms with Crippen LogP contribution >= 0.6 is 0 Å². The van der Waals surface area contributed by atoms with Crippen molar-refractivity contribution in [2.45, 2.75) is 39.0 Å². The van der Waals surface area contributed by atoms with Crippen LogP contribution in [0.1, 0.15) is 39.0 Å². The lowest BCUT2D eigenvalue weighted by atomic mass is 9.84. The van der Waals surface area contributed by atoms with Gasteiger partial charge in [0.2, 0.25) is 0 Å². The highest BCUT2D eigenvalue weighted by atomic mass is 16.7. The first-order chi connectivity index (χ1) is 7.24. The van der Waals surface area contributed by atoms with E-state index in [9.17, 15) is 4.79 Å². The maximum Gasteiger partial charge on any atom is 0.508 e. The van der Waals surface area contributed by atoms with E-state index in [4.69, 9.17) is 4.74 Å². The second-order valence-electron chi connectivity index (χ2n) is 4.05. The largest absolute Gasteiger partial charge is 0.508 e. The van der Waals surface area contributed by atoms with E-state index >= 15 is 0 Å². The fraction of sp³-hybridized carbons (Fsp3) is 0.750. The molecule has 1 saturated carbocycles. The number of ether oxygens (including phenoxy) is 2. The highest BCUT2D eigenvalue weighted by Gasteiger charge is 2.14. The molecule has 0 unspecified atom stereocenters. The average Bonchev–Trinajstić information content (AvgIpc) is 2.29. The van der Waals surface area contributed by atoms with Crippen LogP contribution in [0.15, 0.2) is 11.6 Å². The molecule has 0 N–H and O–H groups in total. The van der Waals surface area contributed by atoms with Crippen molar-refractivity contribution in [3.05, 3.63) is 11.6 Å². The molecule has 0 bridgehead atoms. The molecule has 1 rings (SSSR count). The van der Waals surface area contributed by atoms with Crippen molar-refractivity contribution in [1.29, 1.82) is 0 Å². The van der Waals surface area contributed by atoms with Crippen LogP contribution in [0.2, 0.25) is 0 Å². The Bertz CT molecular complexity index is 227. The Hall–Kier alpha value is -0.990. The minimum atomic E-state index is -0.609. The Kier molecular flexibility index (Phi) is 5.22. The second-order valence-corrected chi connectivity index (χ2v) is 4.05. The molecule has 1 fully saturated rings. The number of rotatable bonds is 3. The summed E-state index contributed by atoms with van der Waals surface area (Å²) in [6, 6.07) is 0. The van der Waals surface area contributed by atoms with Crippen molar-refractivity contribution in [1.82, 2.24) is 0 Å². The first-order valence-corrected chi connectivity index (χ1v) is 5.61. The van der Waals surface area contributed by atoms with Gasteiger partial charge in [-0.05, 0) is 31.8 Å². The summed E-state index contributed by atoms with van der Waals surface area (Å²) in [5.74, 6) is 0.694. The van der Waals surface area contributed by atoms with Gasteiger partial charge in [0.05, 0.1) is 7.11 Å². The Morgan fingerprint density at radius 3 is 2.60 bits per heavy atom. The molecular formula is C12H20O3. The van der Waals surface area contributed by atoms with Crippen LogP contribution in [0.4, 0.5) is 4.79 Å². The van der Waals surface area contributed by atoms with Gasteiger partial charge >= 0.3 is 6.16 Å². The monoisotopic (exact) mass is 212 g/mol. The predicted molar refractivity (Wildman–Crippen MR) is 58.7 cm³/mol. The zero-order valence-corrected chi connectivity index (χ0v) is 9.62. The molecule has 1 aliphatic carbocycles. The van der Waals surface area contributed by atoms with E-state index in [1.807, 2.05) is 6.08 Å². The number of hydrogen-bond donors (Lipinski definition) is 0. The molecule has 15 heavy (non-hydrogen) atoms. The number of methoxy groups -OCH3 is 1. The summed E-state index contributed by atoms with van der Waals surface area (Å²) >= 11 is 0. The maximum atomic E-state index is 10.7. The van der Waals surface area contributed by atoms with Gasteiger partial charge in [0.15, 0.2) is 0 Å². The van der Waals surface area contributed by atoms with Gasteiger partial charge in [0.25, 0.3) is 0 Å². The van der Waals surface area contributed by atoms with E-state index in [0.29, 0.717) is 12.5 Å². The maximum absolute atomic E-state index is 10.7. The summed E-state index contributed by atoms with van der Waals surface area (Å²) in [4.78, 5) is 10.7. The van der Waals surface area contributed by atoms with Gasteiger partial charge in [0, 0.05) is 0 Å². The Morgan fingerprint density at radius 1 is 1.33 bits per heavy atom. The van der Waals surface area contributed by atoms with E-state index in [-0.39, 0.29) is 0 Å². The third-order valence-corrected chi connectivity index (χ3v) is 3.02. The summed E-state index contributed by atoms with van der Waals surface area (Å²) < 4.78 is 9.20. The number of hydrogen-bond acceptors (Lipinski definition) is 3. The summed E-state index contributed by atoms with van der Waals surface area (Å²) in [6.45, 7) is 2.45. The van der Waals surface area contributed by atoms with Gasteiger partial charge in [-0.15, -0.1) is 0 Å². The van der Waals surface area contributed by atoms with Crippen molar-refractivity contribution in [3.63, 3.8) is 0 Å². The molecule has 3 heteroatoms. The smallest absolute Gasteiger partial charge is 0.438 e. The van der Waals surface area contributed by atoms with Crippen molar-refractivity contribution >= 4 is 6.16 Å². The van der Waals surface area contributed by atoms with Gasteiger partial charge in [-0.1, -0.05) is 24.8 Å². The second kappa shape index (κ2) is 6.49. The third kappa shape index (κ3) is 4.36. The van der Waals surface area contributed by atoms with E-state index < -0.39 is 6.16 Å². The van der Waals surface area contributed by atoms with E-state index in [1.54, 1.807) is 0 Å². The van der Waals surface area contributed by atoms with Gasteiger partial charge < -0.3 is 9.47 Å². The summed E-state index contributed by atoms with van der Waals surface area (Å²) in [5, 5.41) is 0. The van der Waals surface area contributed by atoms with Gasteiger partial charge in [-0.25, -0.2) is 4.79 Å². The molecule has 0 aromatic carbocycles. The molecule has 0 aromatic rings. The lowest BCUT2D eigenvalue weighted by Gasteiger charge is -2.22. The lowest BCUT2D eigenvalue weighted by Crippen LogP contribution is -2.09. The van der Waals surface area contributed by atoms with E-state index in [1.165, 1.54) is 44.8 Å². The van der Waals surface area contributed by atoms with Crippen LogP contribution in [-0.2, 0) is 9.47 Å². The molecule has 0 heterocycles. The first-order valence-electron chi connectivity index (χ1n) is 5.61. The SMILES string of the molecule is COC(=O)OC/C=C(\C)C1CCCCC1. The number of allylic oxidation sites excluding steroid dienone is 1. The molecule has 0 spiro atoms. The summed E-state index contributed by atoms with van der Waals surface area (Å²) in [5.41, 5.74) is 1.35. The van der Waals surface area contributed by atoms with Crippen molar-refractivity contribution in [2.24, 2.45) is 5.92 Å². The van der Waals surface area contributed by atoms with Gasteiger partial charge in [0.1, 0.15) is 6.61 Å². The number of carbonyl (C=O) groups excluding carboxylic acids is 1. The van der Waals surface area contributed by atoms with E-state index in [0.717, 1.165) is 0 Å². The van der Waals surface area contributed by atoms with Gasteiger partial charge in [-0.3, -0.25) is 0 Å². The topological polar surface area (TPSA) is 35.5 Å². The first kappa shape index (κ1) is 12.1. The highest BCUT2D eigenvalue weighted by Crippen LogP contribution is 2.29. The van der Waals surface area contributed by atoms with Gasteiger partial charge in [-0.2, -0.15) is 0 Å². The highest BCUT2D eigenvalue weighted by molar-refractivity contribution is 5.59. The summed E-state index contributed by atoms with van der Waals surface area (Å²) in [7, 11) is 1.32. The minimum Gasteiger partial charge on any atom is -0.438 e.